The Morgan fingerprint density at radius 1 is 1.21 bits per heavy atom. The third-order valence-electron chi connectivity index (χ3n) is 3.22. The highest BCUT2D eigenvalue weighted by Gasteiger charge is 2.22. The number of amides is 1. The van der Waals surface area contributed by atoms with Gasteiger partial charge >= 0.3 is 0 Å². The minimum absolute atomic E-state index is 0.258. The molecule has 2 aromatic heterocycles. The number of benzene rings is 1. The van der Waals surface area contributed by atoms with Crippen LogP contribution in [0.2, 0.25) is 0 Å². The number of hydrogen-bond acceptors (Lipinski definition) is 5. The molecule has 0 fully saturated rings. The van der Waals surface area contributed by atoms with E-state index >= 15 is 0 Å². The summed E-state index contributed by atoms with van der Waals surface area (Å²) in [7, 11) is 0. The van der Waals surface area contributed by atoms with Crippen LogP contribution in [0.1, 0.15) is 11.7 Å². The zero-order valence-corrected chi connectivity index (χ0v) is 12.9. The average molecular weight is 347 g/mol. The number of aliphatic hydroxyl groups is 1. The van der Waals surface area contributed by atoms with Crippen LogP contribution < -0.4 is 5.32 Å². The highest BCUT2D eigenvalue weighted by molar-refractivity contribution is 7.14. The number of nitrogens with one attached hydrogen (secondary N) is 1. The van der Waals surface area contributed by atoms with Gasteiger partial charge in [-0.25, -0.2) is 13.8 Å². The largest absolute Gasteiger partial charge is 0.378 e. The highest BCUT2D eigenvalue weighted by atomic mass is 32.1. The van der Waals surface area contributed by atoms with Crippen molar-refractivity contribution in [1.29, 1.82) is 0 Å². The van der Waals surface area contributed by atoms with E-state index in [4.69, 9.17) is 0 Å². The SMILES string of the molecule is O=C(Nc1nc(-c2ccncc2)cs1)C(O)c1ccc(F)cc1F. The summed E-state index contributed by atoms with van der Waals surface area (Å²) >= 11 is 1.16. The highest BCUT2D eigenvalue weighted by Crippen LogP contribution is 2.26. The first-order chi connectivity index (χ1) is 11.5. The molecule has 2 heterocycles. The smallest absolute Gasteiger partial charge is 0.259 e. The number of aliphatic hydroxyl groups excluding tert-OH is 1. The molecule has 1 unspecified atom stereocenters. The molecule has 24 heavy (non-hydrogen) atoms. The number of aromatic nitrogens is 2. The summed E-state index contributed by atoms with van der Waals surface area (Å²) in [5, 5.41) is 14.3. The topological polar surface area (TPSA) is 75.1 Å². The summed E-state index contributed by atoms with van der Waals surface area (Å²) in [5.74, 6) is -2.63. The molecule has 5 nitrogen and oxygen atoms in total. The fourth-order valence-electron chi connectivity index (χ4n) is 2.02. The summed E-state index contributed by atoms with van der Waals surface area (Å²) in [6.45, 7) is 0. The van der Waals surface area contributed by atoms with Crippen LogP contribution in [0.15, 0.2) is 48.1 Å². The first-order valence-electron chi connectivity index (χ1n) is 6.84. The van der Waals surface area contributed by atoms with Gasteiger partial charge in [0.2, 0.25) is 0 Å². The fourth-order valence-corrected chi connectivity index (χ4v) is 2.75. The van der Waals surface area contributed by atoms with E-state index in [0.717, 1.165) is 29.0 Å². The van der Waals surface area contributed by atoms with Crippen LogP contribution in [-0.4, -0.2) is 21.0 Å². The first kappa shape index (κ1) is 16.2. The van der Waals surface area contributed by atoms with Crippen molar-refractivity contribution < 1.29 is 18.7 Å². The lowest BCUT2D eigenvalue weighted by atomic mass is 10.1. The van der Waals surface area contributed by atoms with Crippen molar-refractivity contribution >= 4 is 22.4 Å². The Balaban J connectivity index is 1.74. The second-order valence-corrected chi connectivity index (χ2v) is 5.69. The number of nitrogens with zero attached hydrogens (tertiary/aromatic N) is 2. The number of anilines is 1. The van der Waals surface area contributed by atoms with E-state index in [2.05, 4.69) is 15.3 Å². The van der Waals surface area contributed by atoms with Gasteiger partial charge in [0.25, 0.3) is 5.91 Å². The van der Waals surface area contributed by atoms with Gasteiger partial charge in [-0.3, -0.25) is 15.1 Å². The average Bonchev–Trinajstić information content (AvgIpc) is 3.03. The molecular formula is C16H11F2N3O2S. The second-order valence-electron chi connectivity index (χ2n) is 4.83. The van der Waals surface area contributed by atoms with Crippen molar-refractivity contribution in [1.82, 2.24) is 9.97 Å². The monoisotopic (exact) mass is 347 g/mol. The maximum absolute atomic E-state index is 13.6. The number of pyridine rings is 1. The number of carbonyl (C=O) groups is 1. The molecule has 1 amide bonds. The quantitative estimate of drug-likeness (QED) is 0.760. The van der Waals surface area contributed by atoms with Crippen LogP contribution in [0.3, 0.4) is 0 Å². The zero-order chi connectivity index (χ0) is 17.1. The Labute approximate surface area is 139 Å². The molecule has 0 bridgehead atoms. The molecular weight excluding hydrogens is 336 g/mol. The van der Waals surface area contributed by atoms with E-state index in [1.165, 1.54) is 0 Å². The standard InChI is InChI=1S/C16H11F2N3O2S/c17-10-1-2-11(12(18)7-10)14(22)15(23)21-16-20-13(8-24-16)9-3-5-19-6-4-9/h1-8,14,22H,(H,20,21,23). The third kappa shape index (κ3) is 3.44. The molecule has 3 rings (SSSR count). The normalized spacial score (nSPS) is 12.0. The Bertz CT molecular complexity index is 871. The van der Waals surface area contributed by atoms with Gasteiger partial charge in [0.15, 0.2) is 11.2 Å². The third-order valence-corrected chi connectivity index (χ3v) is 3.97. The lowest BCUT2D eigenvalue weighted by Crippen LogP contribution is -2.21. The Morgan fingerprint density at radius 2 is 1.96 bits per heavy atom. The van der Waals surface area contributed by atoms with Crippen molar-refractivity contribution in [2.24, 2.45) is 0 Å². The summed E-state index contributed by atoms with van der Waals surface area (Å²) < 4.78 is 26.5. The van der Waals surface area contributed by atoms with Crippen LogP contribution in [0.4, 0.5) is 13.9 Å². The minimum Gasteiger partial charge on any atom is -0.378 e. The van der Waals surface area contributed by atoms with E-state index in [1.54, 1.807) is 29.9 Å². The number of halogens is 2. The van der Waals surface area contributed by atoms with Crippen LogP contribution in [0, 0.1) is 11.6 Å². The van der Waals surface area contributed by atoms with E-state index in [9.17, 15) is 18.7 Å². The van der Waals surface area contributed by atoms with Gasteiger partial charge in [0.05, 0.1) is 5.69 Å². The van der Waals surface area contributed by atoms with Gasteiger partial charge in [-0.15, -0.1) is 11.3 Å². The fraction of sp³-hybridized carbons (Fsp3) is 0.0625. The predicted molar refractivity (Wildman–Crippen MR) is 85.3 cm³/mol. The van der Waals surface area contributed by atoms with Gasteiger partial charge < -0.3 is 5.11 Å². The lowest BCUT2D eigenvalue weighted by Gasteiger charge is -2.11. The van der Waals surface area contributed by atoms with Crippen LogP contribution >= 0.6 is 11.3 Å². The van der Waals surface area contributed by atoms with Gasteiger partial charge in [-0.2, -0.15) is 0 Å². The molecule has 0 aliphatic carbocycles. The molecule has 0 saturated carbocycles. The molecule has 1 atom stereocenters. The molecule has 8 heteroatoms. The molecule has 0 aliphatic heterocycles. The van der Waals surface area contributed by atoms with Crippen molar-refractivity contribution in [2.75, 3.05) is 5.32 Å². The summed E-state index contributed by atoms with van der Waals surface area (Å²) in [6, 6.07) is 6.14. The Kier molecular flexibility index (Phi) is 4.59. The molecule has 0 saturated heterocycles. The van der Waals surface area contributed by atoms with Crippen molar-refractivity contribution in [2.45, 2.75) is 6.10 Å². The van der Waals surface area contributed by atoms with Crippen LogP contribution in [0.25, 0.3) is 11.3 Å². The Morgan fingerprint density at radius 3 is 2.67 bits per heavy atom. The van der Waals surface area contributed by atoms with Crippen molar-refractivity contribution in [3.8, 4) is 11.3 Å². The van der Waals surface area contributed by atoms with Crippen molar-refractivity contribution in [3.63, 3.8) is 0 Å². The summed E-state index contributed by atoms with van der Waals surface area (Å²) in [5.41, 5.74) is 1.16. The van der Waals surface area contributed by atoms with Gasteiger partial charge in [0.1, 0.15) is 11.6 Å². The second kappa shape index (κ2) is 6.81. The van der Waals surface area contributed by atoms with Crippen molar-refractivity contribution in [3.05, 3.63) is 65.3 Å². The van der Waals surface area contributed by atoms with Gasteiger partial charge in [-0.1, -0.05) is 6.07 Å². The summed E-state index contributed by atoms with van der Waals surface area (Å²) in [4.78, 5) is 20.2. The zero-order valence-electron chi connectivity index (χ0n) is 12.1. The van der Waals surface area contributed by atoms with E-state index < -0.39 is 23.6 Å². The maximum Gasteiger partial charge on any atom is 0.259 e. The van der Waals surface area contributed by atoms with Gasteiger partial charge in [0, 0.05) is 35.0 Å². The maximum atomic E-state index is 13.6. The molecule has 0 spiro atoms. The van der Waals surface area contributed by atoms with Crippen LogP contribution in [0.5, 0.6) is 0 Å². The number of thiazole rings is 1. The summed E-state index contributed by atoms with van der Waals surface area (Å²) in [6.07, 6.45) is 1.47. The number of hydrogen-bond donors (Lipinski definition) is 2. The molecule has 0 aliphatic rings. The molecule has 2 N–H and O–H groups in total. The Hall–Kier alpha value is -2.71. The molecule has 1 aromatic carbocycles. The lowest BCUT2D eigenvalue weighted by molar-refractivity contribution is -0.124. The van der Waals surface area contributed by atoms with E-state index in [0.29, 0.717) is 11.8 Å². The molecule has 3 aromatic rings. The predicted octanol–water partition coefficient (Wildman–Crippen LogP) is 3.16. The first-order valence-corrected chi connectivity index (χ1v) is 7.72. The van der Waals surface area contributed by atoms with E-state index in [-0.39, 0.29) is 10.7 Å². The van der Waals surface area contributed by atoms with E-state index in [1.807, 2.05) is 0 Å². The van der Waals surface area contributed by atoms with Crippen LogP contribution in [-0.2, 0) is 4.79 Å². The molecule has 122 valence electrons. The molecule has 0 radical (unpaired) electrons. The number of rotatable bonds is 4. The minimum atomic E-state index is -1.76. The number of carbonyl (C=O) groups excluding carboxylic acids is 1. The van der Waals surface area contributed by atoms with Gasteiger partial charge in [-0.05, 0) is 18.2 Å².